The first-order valence-electron chi connectivity index (χ1n) is 9.25. The van der Waals surface area contributed by atoms with Gasteiger partial charge in [0, 0.05) is 13.1 Å². The first kappa shape index (κ1) is 19.1. The van der Waals surface area contributed by atoms with Gasteiger partial charge in [0.05, 0.1) is 17.8 Å². The number of halogens is 1. The second-order valence-electron chi connectivity index (χ2n) is 6.78. The average Bonchev–Trinajstić information content (AvgIpc) is 3.19. The maximum atomic E-state index is 13.2. The largest absolute Gasteiger partial charge is 0.342 e. The minimum absolute atomic E-state index is 0.0812. The lowest BCUT2D eigenvalue weighted by Crippen LogP contribution is -2.37. The number of fused-ring (bicyclic) bond motifs is 1. The number of thioether (sulfide) groups is 1. The van der Waals surface area contributed by atoms with Gasteiger partial charge in [-0.05, 0) is 48.4 Å². The molecule has 3 aromatic rings. The summed E-state index contributed by atoms with van der Waals surface area (Å²) >= 11 is 2.65. The Labute approximate surface area is 170 Å². The summed E-state index contributed by atoms with van der Waals surface area (Å²) in [6.07, 6.45) is 3.26. The molecule has 0 radical (unpaired) electrons. The lowest BCUT2D eigenvalue weighted by atomic mass is 10.1. The lowest BCUT2D eigenvalue weighted by Gasteiger charge is -2.26. The van der Waals surface area contributed by atoms with Crippen molar-refractivity contribution in [2.45, 2.75) is 31.0 Å². The van der Waals surface area contributed by atoms with Gasteiger partial charge in [-0.25, -0.2) is 9.37 Å². The Hall–Kier alpha value is -2.19. The van der Waals surface area contributed by atoms with Gasteiger partial charge in [0.2, 0.25) is 5.91 Å². The number of aromatic nitrogens is 2. The summed E-state index contributed by atoms with van der Waals surface area (Å²) in [6.45, 7) is 1.90. The summed E-state index contributed by atoms with van der Waals surface area (Å²) in [5.41, 5.74) is 1.33. The molecule has 1 aliphatic rings. The van der Waals surface area contributed by atoms with Crippen molar-refractivity contribution in [3.05, 3.63) is 57.4 Å². The third-order valence-electron chi connectivity index (χ3n) is 4.82. The Kier molecular flexibility index (Phi) is 5.77. The first-order chi connectivity index (χ1) is 13.6. The second kappa shape index (κ2) is 8.45. The number of nitrogens with zero attached hydrogens (tertiary/aromatic N) is 3. The zero-order valence-corrected chi connectivity index (χ0v) is 16.9. The molecule has 2 aromatic heterocycles. The van der Waals surface area contributed by atoms with Gasteiger partial charge in [-0.3, -0.25) is 14.2 Å². The van der Waals surface area contributed by atoms with Crippen LogP contribution in [-0.2, 0) is 11.3 Å². The Morgan fingerprint density at radius 1 is 1.14 bits per heavy atom. The molecule has 3 heterocycles. The van der Waals surface area contributed by atoms with Gasteiger partial charge in [-0.15, -0.1) is 11.3 Å². The van der Waals surface area contributed by atoms with Crippen molar-refractivity contribution in [2.75, 3.05) is 18.8 Å². The number of carbonyl (C=O) groups is 1. The summed E-state index contributed by atoms with van der Waals surface area (Å²) in [6, 6.07) is 7.90. The molecule has 0 N–H and O–H groups in total. The Morgan fingerprint density at radius 3 is 2.64 bits per heavy atom. The molecule has 146 valence electrons. The first-order valence-corrected chi connectivity index (χ1v) is 11.1. The van der Waals surface area contributed by atoms with Crippen LogP contribution in [0.3, 0.4) is 0 Å². The molecule has 1 aromatic carbocycles. The Morgan fingerprint density at radius 2 is 1.89 bits per heavy atom. The fraction of sp³-hybridized carbons (Fsp3) is 0.350. The van der Waals surface area contributed by atoms with Crippen LogP contribution in [0.4, 0.5) is 4.39 Å². The molecule has 1 aliphatic heterocycles. The van der Waals surface area contributed by atoms with E-state index in [0.717, 1.165) is 31.5 Å². The summed E-state index contributed by atoms with van der Waals surface area (Å²) < 4.78 is 15.4. The third kappa shape index (κ3) is 4.12. The number of amides is 1. The van der Waals surface area contributed by atoms with Crippen molar-refractivity contribution in [3.8, 4) is 0 Å². The molecule has 1 saturated heterocycles. The number of piperidine rings is 1. The van der Waals surface area contributed by atoms with Crippen LogP contribution < -0.4 is 5.56 Å². The number of hydrogen-bond acceptors (Lipinski definition) is 5. The molecule has 0 atom stereocenters. The van der Waals surface area contributed by atoms with Gasteiger partial charge in [0.15, 0.2) is 5.16 Å². The van der Waals surface area contributed by atoms with Crippen LogP contribution in [-0.4, -0.2) is 39.2 Å². The highest BCUT2D eigenvalue weighted by Crippen LogP contribution is 2.22. The molecule has 0 unspecified atom stereocenters. The van der Waals surface area contributed by atoms with E-state index in [0.29, 0.717) is 21.9 Å². The Bertz CT molecular complexity index is 1040. The molecule has 8 heteroatoms. The van der Waals surface area contributed by atoms with E-state index in [2.05, 4.69) is 4.98 Å². The van der Waals surface area contributed by atoms with E-state index < -0.39 is 0 Å². The number of hydrogen-bond donors (Lipinski definition) is 0. The van der Waals surface area contributed by atoms with Crippen molar-refractivity contribution in [2.24, 2.45) is 0 Å². The molecular weight excluding hydrogens is 397 g/mol. The molecular formula is C20H20FN3O2S2. The monoisotopic (exact) mass is 417 g/mol. The van der Waals surface area contributed by atoms with Crippen LogP contribution in [0, 0.1) is 5.82 Å². The number of rotatable bonds is 5. The summed E-state index contributed by atoms with van der Waals surface area (Å²) in [5.74, 6) is 0.0215. The Balaban J connectivity index is 1.61. The molecule has 0 saturated carbocycles. The highest BCUT2D eigenvalue weighted by molar-refractivity contribution is 7.99. The summed E-state index contributed by atoms with van der Waals surface area (Å²) in [7, 11) is 0. The predicted molar refractivity (Wildman–Crippen MR) is 111 cm³/mol. The molecule has 28 heavy (non-hydrogen) atoms. The van der Waals surface area contributed by atoms with E-state index in [1.165, 1.54) is 41.7 Å². The highest BCUT2D eigenvalue weighted by atomic mass is 32.2. The quantitative estimate of drug-likeness (QED) is 0.469. The lowest BCUT2D eigenvalue weighted by molar-refractivity contribution is -0.129. The minimum atomic E-state index is -0.315. The van der Waals surface area contributed by atoms with Crippen LogP contribution in [0.1, 0.15) is 24.8 Å². The molecule has 0 bridgehead atoms. The maximum Gasteiger partial charge on any atom is 0.272 e. The number of likely N-dealkylation sites (tertiary alicyclic amines) is 1. The molecule has 4 rings (SSSR count). The normalized spacial score (nSPS) is 14.5. The van der Waals surface area contributed by atoms with Gasteiger partial charge in [0.25, 0.3) is 5.56 Å². The fourth-order valence-electron chi connectivity index (χ4n) is 3.31. The summed E-state index contributed by atoms with van der Waals surface area (Å²) in [5, 5.41) is 2.36. The smallest absolute Gasteiger partial charge is 0.272 e. The standard InChI is InChI=1S/C20H20FN3O2S2/c21-15-6-4-14(5-7-15)12-24-19(26)18-16(8-11-27-18)22-20(24)28-13-17(25)23-9-2-1-3-10-23/h4-8,11H,1-3,9-10,12-13H2. The van der Waals surface area contributed by atoms with Gasteiger partial charge in [-0.1, -0.05) is 23.9 Å². The third-order valence-corrected chi connectivity index (χ3v) is 6.67. The van der Waals surface area contributed by atoms with Crippen LogP contribution in [0.5, 0.6) is 0 Å². The number of carbonyl (C=O) groups excluding carboxylic acids is 1. The van der Waals surface area contributed by atoms with Crippen LogP contribution in [0.25, 0.3) is 10.2 Å². The minimum Gasteiger partial charge on any atom is -0.342 e. The SMILES string of the molecule is O=C(CSc1nc2ccsc2c(=O)n1Cc1ccc(F)cc1)N1CCCCC1. The average molecular weight is 418 g/mol. The number of thiophene rings is 1. The van der Waals surface area contributed by atoms with Crippen molar-refractivity contribution in [3.63, 3.8) is 0 Å². The topological polar surface area (TPSA) is 55.2 Å². The van der Waals surface area contributed by atoms with Gasteiger partial charge in [-0.2, -0.15) is 0 Å². The maximum absolute atomic E-state index is 13.2. The molecule has 0 aliphatic carbocycles. The second-order valence-corrected chi connectivity index (χ2v) is 8.64. The molecule has 1 fully saturated rings. The van der Waals surface area contributed by atoms with Crippen molar-refractivity contribution < 1.29 is 9.18 Å². The van der Waals surface area contributed by atoms with Crippen LogP contribution in [0.2, 0.25) is 0 Å². The number of benzene rings is 1. The van der Waals surface area contributed by atoms with Gasteiger partial charge >= 0.3 is 0 Å². The summed E-state index contributed by atoms with van der Waals surface area (Å²) in [4.78, 5) is 32.0. The fourth-order valence-corrected chi connectivity index (χ4v) is 4.99. The molecule has 1 amide bonds. The molecule has 5 nitrogen and oxygen atoms in total. The van der Waals surface area contributed by atoms with Crippen LogP contribution >= 0.6 is 23.1 Å². The van der Waals surface area contributed by atoms with E-state index in [1.807, 2.05) is 16.3 Å². The molecule has 0 spiro atoms. The highest BCUT2D eigenvalue weighted by Gasteiger charge is 2.19. The zero-order chi connectivity index (χ0) is 19.5. The van der Waals surface area contributed by atoms with E-state index in [4.69, 9.17) is 0 Å². The van der Waals surface area contributed by atoms with Gasteiger partial charge in [0.1, 0.15) is 10.5 Å². The predicted octanol–water partition coefficient (Wildman–Crippen LogP) is 3.75. The van der Waals surface area contributed by atoms with E-state index in [9.17, 15) is 14.0 Å². The van der Waals surface area contributed by atoms with Gasteiger partial charge < -0.3 is 4.90 Å². The van der Waals surface area contributed by atoms with E-state index in [-0.39, 0.29) is 23.0 Å². The van der Waals surface area contributed by atoms with E-state index >= 15 is 0 Å². The van der Waals surface area contributed by atoms with Crippen molar-refractivity contribution in [1.82, 2.24) is 14.5 Å². The zero-order valence-electron chi connectivity index (χ0n) is 15.3. The van der Waals surface area contributed by atoms with Crippen LogP contribution in [0.15, 0.2) is 45.7 Å². The van der Waals surface area contributed by atoms with Crippen molar-refractivity contribution >= 4 is 39.2 Å². The van der Waals surface area contributed by atoms with Crippen molar-refractivity contribution in [1.29, 1.82) is 0 Å². The van der Waals surface area contributed by atoms with E-state index in [1.54, 1.807) is 16.7 Å².